The van der Waals surface area contributed by atoms with E-state index in [1.54, 1.807) is 24.3 Å². The maximum Gasteiger partial charge on any atom is 0.240 e. The normalized spacial score (nSPS) is 11.8. The molecule has 0 saturated heterocycles. The van der Waals surface area contributed by atoms with E-state index in [1.165, 1.54) is 0 Å². The van der Waals surface area contributed by atoms with Crippen molar-refractivity contribution in [2.24, 2.45) is 5.92 Å². The Bertz CT molecular complexity index is 481. The molecule has 4 nitrogen and oxygen atoms in total. The minimum Gasteiger partial charge on any atom is -0.385 e. The molecule has 1 rings (SSSR count). The highest BCUT2D eigenvalue weighted by atomic mass is 32.2. The van der Waals surface area contributed by atoms with Crippen molar-refractivity contribution in [3.63, 3.8) is 0 Å². The lowest BCUT2D eigenvalue weighted by Gasteiger charge is -2.09. The molecule has 0 radical (unpaired) electrons. The molecule has 0 bridgehead atoms. The van der Waals surface area contributed by atoms with Crippen molar-refractivity contribution in [3.05, 3.63) is 24.3 Å². The van der Waals surface area contributed by atoms with E-state index in [0.29, 0.717) is 17.4 Å². The first-order valence-corrected chi connectivity index (χ1v) is 8.77. The maximum atomic E-state index is 12.1. The average Bonchev–Trinajstić information content (AvgIpc) is 2.39. The largest absolute Gasteiger partial charge is 0.385 e. The standard InChI is InChI=1S/C15H26N2O2S/c1-4-16-14-8-10-15(11-9-14)20(18,19)17-12-6-5-7-13(2)3/h8-11,13,16-17H,4-7,12H2,1-3H3. The molecule has 0 amide bonds. The molecule has 5 heteroatoms. The molecule has 1 aromatic rings. The molecule has 0 saturated carbocycles. The summed E-state index contributed by atoms with van der Waals surface area (Å²) in [5, 5.41) is 3.14. The molecule has 0 unspecified atom stereocenters. The van der Waals surface area contributed by atoms with Crippen molar-refractivity contribution < 1.29 is 8.42 Å². The number of nitrogens with one attached hydrogen (secondary N) is 2. The van der Waals surface area contributed by atoms with Crippen LogP contribution in [0.5, 0.6) is 0 Å². The van der Waals surface area contributed by atoms with Gasteiger partial charge in [-0.2, -0.15) is 0 Å². The van der Waals surface area contributed by atoms with Crippen molar-refractivity contribution in [1.29, 1.82) is 0 Å². The first-order valence-electron chi connectivity index (χ1n) is 7.29. The monoisotopic (exact) mass is 298 g/mol. The Labute approximate surface area is 123 Å². The smallest absolute Gasteiger partial charge is 0.240 e. The van der Waals surface area contributed by atoms with Gasteiger partial charge in [-0.05, 0) is 43.5 Å². The molecule has 0 aliphatic heterocycles. The Morgan fingerprint density at radius 2 is 1.75 bits per heavy atom. The Hall–Kier alpha value is -1.07. The molecular formula is C15H26N2O2S. The number of unbranched alkanes of at least 4 members (excludes halogenated alkanes) is 1. The summed E-state index contributed by atoms with van der Waals surface area (Å²) in [7, 11) is -3.37. The Morgan fingerprint density at radius 1 is 1.10 bits per heavy atom. The predicted molar refractivity (Wildman–Crippen MR) is 84.5 cm³/mol. The summed E-state index contributed by atoms with van der Waals surface area (Å²) in [6.45, 7) is 7.68. The fourth-order valence-electron chi connectivity index (χ4n) is 1.92. The van der Waals surface area contributed by atoms with E-state index < -0.39 is 10.0 Å². The third kappa shape index (κ3) is 5.92. The molecule has 0 aliphatic rings. The van der Waals surface area contributed by atoms with Gasteiger partial charge in [0.05, 0.1) is 4.90 Å². The highest BCUT2D eigenvalue weighted by molar-refractivity contribution is 7.89. The molecule has 2 N–H and O–H groups in total. The van der Waals surface area contributed by atoms with Gasteiger partial charge in [-0.25, -0.2) is 13.1 Å². The van der Waals surface area contributed by atoms with Crippen molar-refractivity contribution in [1.82, 2.24) is 4.72 Å². The number of rotatable bonds is 9. The second kappa shape index (κ2) is 8.27. The summed E-state index contributed by atoms with van der Waals surface area (Å²) in [5.41, 5.74) is 0.934. The van der Waals surface area contributed by atoms with Gasteiger partial charge in [-0.1, -0.05) is 26.7 Å². The first-order chi connectivity index (χ1) is 9.45. The maximum absolute atomic E-state index is 12.1. The Morgan fingerprint density at radius 3 is 2.30 bits per heavy atom. The van der Waals surface area contributed by atoms with E-state index in [0.717, 1.165) is 31.5 Å². The average molecular weight is 298 g/mol. The fraction of sp³-hybridized carbons (Fsp3) is 0.600. The van der Waals surface area contributed by atoms with E-state index in [-0.39, 0.29) is 0 Å². The zero-order chi connectivity index (χ0) is 15.0. The minimum atomic E-state index is -3.37. The van der Waals surface area contributed by atoms with Crippen LogP contribution in [0, 0.1) is 5.92 Å². The van der Waals surface area contributed by atoms with Crippen molar-refractivity contribution >= 4 is 15.7 Å². The third-order valence-corrected chi connectivity index (χ3v) is 4.52. The van der Waals surface area contributed by atoms with Crippen LogP contribution in [0.4, 0.5) is 5.69 Å². The SMILES string of the molecule is CCNc1ccc(S(=O)(=O)NCCCCC(C)C)cc1. The predicted octanol–water partition coefficient (Wildman–Crippen LogP) is 3.22. The first kappa shape index (κ1) is 17.0. The zero-order valence-electron chi connectivity index (χ0n) is 12.6. The van der Waals surface area contributed by atoms with Crippen LogP contribution in [0.15, 0.2) is 29.2 Å². The van der Waals surface area contributed by atoms with Gasteiger partial charge < -0.3 is 5.32 Å². The molecule has 0 aliphatic carbocycles. The van der Waals surface area contributed by atoms with Crippen LogP contribution in [0.25, 0.3) is 0 Å². The van der Waals surface area contributed by atoms with E-state index in [1.807, 2.05) is 6.92 Å². The second-order valence-electron chi connectivity index (χ2n) is 5.34. The lowest BCUT2D eigenvalue weighted by atomic mass is 10.1. The summed E-state index contributed by atoms with van der Waals surface area (Å²) in [6.07, 6.45) is 3.07. The van der Waals surface area contributed by atoms with E-state index >= 15 is 0 Å². The highest BCUT2D eigenvalue weighted by Crippen LogP contribution is 2.14. The lowest BCUT2D eigenvalue weighted by molar-refractivity contribution is 0.530. The van der Waals surface area contributed by atoms with Gasteiger partial charge in [0.2, 0.25) is 10.0 Å². The van der Waals surface area contributed by atoms with E-state index in [4.69, 9.17) is 0 Å². The van der Waals surface area contributed by atoms with Crippen molar-refractivity contribution in [3.8, 4) is 0 Å². The Kier molecular flexibility index (Phi) is 7.02. The molecular weight excluding hydrogens is 272 g/mol. The van der Waals surface area contributed by atoms with Gasteiger partial charge in [-0.3, -0.25) is 0 Å². The van der Waals surface area contributed by atoms with Gasteiger partial charge >= 0.3 is 0 Å². The van der Waals surface area contributed by atoms with Gasteiger partial charge in [0.1, 0.15) is 0 Å². The van der Waals surface area contributed by atoms with Crippen LogP contribution in [0.1, 0.15) is 40.0 Å². The summed E-state index contributed by atoms with van der Waals surface area (Å²) in [6, 6.07) is 6.84. The number of anilines is 1. The van der Waals surface area contributed by atoms with Crippen LogP contribution in [-0.4, -0.2) is 21.5 Å². The van der Waals surface area contributed by atoms with Gasteiger partial charge in [-0.15, -0.1) is 0 Å². The number of benzene rings is 1. The highest BCUT2D eigenvalue weighted by Gasteiger charge is 2.12. The van der Waals surface area contributed by atoms with E-state index in [2.05, 4.69) is 23.9 Å². The van der Waals surface area contributed by atoms with Gasteiger partial charge in [0.25, 0.3) is 0 Å². The van der Waals surface area contributed by atoms with Crippen LogP contribution < -0.4 is 10.0 Å². The number of sulfonamides is 1. The number of hydrogen-bond donors (Lipinski definition) is 2. The summed E-state index contributed by atoms with van der Waals surface area (Å²) < 4.78 is 26.8. The summed E-state index contributed by atoms with van der Waals surface area (Å²) in [4.78, 5) is 0.322. The molecule has 0 spiro atoms. The van der Waals surface area contributed by atoms with Crippen LogP contribution in [-0.2, 0) is 10.0 Å². The van der Waals surface area contributed by atoms with Gasteiger partial charge in [0.15, 0.2) is 0 Å². The number of hydrogen-bond acceptors (Lipinski definition) is 3. The molecule has 0 fully saturated rings. The zero-order valence-corrected chi connectivity index (χ0v) is 13.5. The van der Waals surface area contributed by atoms with Crippen molar-refractivity contribution in [2.75, 3.05) is 18.4 Å². The molecule has 0 atom stereocenters. The fourth-order valence-corrected chi connectivity index (χ4v) is 3.00. The molecule has 1 aromatic carbocycles. The molecule has 20 heavy (non-hydrogen) atoms. The molecule has 114 valence electrons. The quantitative estimate of drug-likeness (QED) is 0.688. The van der Waals surface area contributed by atoms with Crippen molar-refractivity contribution in [2.45, 2.75) is 44.9 Å². The Balaban J connectivity index is 2.47. The summed E-state index contributed by atoms with van der Waals surface area (Å²) in [5.74, 6) is 0.671. The molecule has 0 heterocycles. The van der Waals surface area contributed by atoms with Gasteiger partial charge in [0, 0.05) is 18.8 Å². The van der Waals surface area contributed by atoms with Crippen LogP contribution in [0.2, 0.25) is 0 Å². The van der Waals surface area contributed by atoms with E-state index in [9.17, 15) is 8.42 Å². The third-order valence-electron chi connectivity index (χ3n) is 3.05. The molecule has 0 aromatic heterocycles. The van der Waals surface area contributed by atoms with Crippen LogP contribution >= 0.6 is 0 Å². The minimum absolute atomic E-state index is 0.322. The lowest BCUT2D eigenvalue weighted by Crippen LogP contribution is -2.24. The second-order valence-corrected chi connectivity index (χ2v) is 7.11. The summed E-state index contributed by atoms with van der Waals surface area (Å²) >= 11 is 0. The topological polar surface area (TPSA) is 58.2 Å². The van der Waals surface area contributed by atoms with Crippen LogP contribution in [0.3, 0.4) is 0 Å².